The molecule has 0 bridgehead atoms. The van der Waals surface area contributed by atoms with Gasteiger partial charge in [0.05, 0.1) is 11.4 Å². The molecule has 128 valence electrons. The Kier molecular flexibility index (Phi) is 5.51. The van der Waals surface area contributed by atoms with E-state index < -0.39 is 0 Å². The predicted octanol–water partition coefficient (Wildman–Crippen LogP) is 4.20. The Morgan fingerprint density at radius 1 is 1.16 bits per heavy atom. The minimum absolute atomic E-state index is 0.0980. The lowest BCUT2D eigenvalue weighted by Crippen LogP contribution is -2.24. The summed E-state index contributed by atoms with van der Waals surface area (Å²) in [6, 6.07) is 17.0. The topological polar surface area (TPSA) is 46.9 Å². The lowest BCUT2D eigenvalue weighted by Gasteiger charge is -2.05. The second kappa shape index (κ2) is 7.99. The Bertz CT molecular complexity index is 858. The molecule has 0 saturated carbocycles. The largest absolute Gasteiger partial charge is 0.352 e. The van der Waals surface area contributed by atoms with Gasteiger partial charge in [0.15, 0.2) is 0 Å². The minimum atomic E-state index is -0.0980. The first-order valence-corrected chi connectivity index (χ1v) is 8.65. The third-order valence-electron chi connectivity index (χ3n) is 4.02. The monoisotopic (exact) mass is 353 g/mol. The molecule has 25 heavy (non-hydrogen) atoms. The van der Waals surface area contributed by atoms with Gasteiger partial charge in [-0.1, -0.05) is 35.9 Å². The van der Waals surface area contributed by atoms with Crippen LogP contribution in [0.25, 0.3) is 5.69 Å². The van der Waals surface area contributed by atoms with E-state index in [1.165, 1.54) is 5.56 Å². The highest BCUT2D eigenvalue weighted by molar-refractivity contribution is 6.30. The Hall–Kier alpha value is -2.59. The van der Waals surface area contributed by atoms with Gasteiger partial charge in [-0.2, -0.15) is 5.10 Å². The number of rotatable bonds is 6. The SMILES string of the molecule is Cc1nn(-c2ccccc2)cc1CCCNC(=O)c1cccc(Cl)c1. The lowest BCUT2D eigenvalue weighted by molar-refractivity contribution is 0.0953. The maximum atomic E-state index is 12.1. The number of para-hydroxylation sites is 1. The molecule has 0 aliphatic rings. The standard InChI is InChI=1S/C20H20ClN3O/c1-15-17(14-24(23-15)19-10-3-2-4-11-19)8-6-12-22-20(25)16-7-5-9-18(21)13-16/h2-5,7,9-11,13-14H,6,8,12H2,1H3,(H,22,25). The maximum absolute atomic E-state index is 12.1. The van der Waals surface area contributed by atoms with E-state index in [1.54, 1.807) is 24.3 Å². The van der Waals surface area contributed by atoms with Gasteiger partial charge in [-0.3, -0.25) is 4.79 Å². The third kappa shape index (κ3) is 4.48. The van der Waals surface area contributed by atoms with Crippen LogP contribution in [-0.4, -0.2) is 22.2 Å². The van der Waals surface area contributed by atoms with Crippen LogP contribution < -0.4 is 5.32 Å². The fourth-order valence-electron chi connectivity index (χ4n) is 2.67. The van der Waals surface area contributed by atoms with Crippen molar-refractivity contribution in [2.75, 3.05) is 6.54 Å². The molecule has 0 radical (unpaired) electrons. The molecule has 4 nitrogen and oxygen atoms in total. The van der Waals surface area contributed by atoms with Crippen LogP contribution in [0.1, 0.15) is 28.0 Å². The molecular formula is C20H20ClN3O. The quantitative estimate of drug-likeness (QED) is 0.675. The molecule has 0 spiro atoms. The molecule has 0 saturated heterocycles. The van der Waals surface area contributed by atoms with Crippen LogP contribution in [0.2, 0.25) is 5.02 Å². The van der Waals surface area contributed by atoms with Crippen molar-refractivity contribution in [3.8, 4) is 5.69 Å². The van der Waals surface area contributed by atoms with Gasteiger partial charge in [0.1, 0.15) is 0 Å². The highest BCUT2D eigenvalue weighted by atomic mass is 35.5. The van der Waals surface area contributed by atoms with E-state index in [2.05, 4.69) is 16.6 Å². The summed E-state index contributed by atoms with van der Waals surface area (Å²) in [5.41, 5.74) is 3.84. The summed E-state index contributed by atoms with van der Waals surface area (Å²) in [5, 5.41) is 8.06. The highest BCUT2D eigenvalue weighted by Crippen LogP contribution is 2.13. The van der Waals surface area contributed by atoms with E-state index in [0.717, 1.165) is 24.2 Å². The van der Waals surface area contributed by atoms with E-state index in [4.69, 9.17) is 11.6 Å². The van der Waals surface area contributed by atoms with Crippen LogP contribution in [0.15, 0.2) is 60.8 Å². The molecule has 1 aromatic heterocycles. The number of amides is 1. The Labute approximate surface area is 152 Å². The molecule has 5 heteroatoms. The number of nitrogens with zero attached hydrogens (tertiary/aromatic N) is 2. The molecule has 0 fully saturated rings. The van der Waals surface area contributed by atoms with Crippen molar-refractivity contribution in [2.24, 2.45) is 0 Å². The number of carbonyl (C=O) groups is 1. The molecule has 0 aliphatic carbocycles. The van der Waals surface area contributed by atoms with Crippen LogP contribution in [0.5, 0.6) is 0 Å². The van der Waals surface area contributed by atoms with E-state index in [-0.39, 0.29) is 5.91 Å². The lowest BCUT2D eigenvalue weighted by atomic mass is 10.1. The summed E-state index contributed by atoms with van der Waals surface area (Å²) in [7, 11) is 0. The minimum Gasteiger partial charge on any atom is -0.352 e. The summed E-state index contributed by atoms with van der Waals surface area (Å²) < 4.78 is 1.90. The van der Waals surface area contributed by atoms with Gasteiger partial charge in [0.25, 0.3) is 5.91 Å². The van der Waals surface area contributed by atoms with Crippen molar-refractivity contribution in [3.05, 3.63) is 82.6 Å². The normalized spacial score (nSPS) is 10.6. The van der Waals surface area contributed by atoms with Gasteiger partial charge >= 0.3 is 0 Å². The van der Waals surface area contributed by atoms with Crippen LogP contribution >= 0.6 is 11.6 Å². The van der Waals surface area contributed by atoms with Gasteiger partial charge in [-0.25, -0.2) is 4.68 Å². The summed E-state index contributed by atoms with van der Waals surface area (Å²) >= 11 is 5.91. The molecule has 2 aromatic carbocycles. The van der Waals surface area contributed by atoms with E-state index in [9.17, 15) is 4.79 Å². The van der Waals surface area contributed by atoms with Crippen molar-refractivity contribution < 1.29 is 4.79 Å². The van der Waals surface area contributed by atoms with E-state index in [0.29, 0.717) is 17.1 Å². The number of hydrogen-bond acceptors (Lipinski definition) is 2. The van der Waals surface area contributed by atoms with Crippen molar-refractivity contribution >= 4 is 17.5 Å². The second-order valence-corrected chi connectivity index (χ2v) is 6.33. The molecule has 1 heterocycles. The Morgan fingerprint density at radius 2 is 1.96 bits per heavy atom. The van der Waals surface area contributed by atoms with Crippen LogP contribution in [-0.2, 0) is 6.42 Å². The molecule has 3 aromatic rings. The number of halogens is 1. The summed E-state index contributed by atoms with van der Waals surface area (Å²) in [6.07, 6.45) is 3.78. The number of benzene rings is 2. The Morgan fingerprint density at radius 3 is 2.72 bits per heavy atom. The highest BCUT2D eigenvalue weighted by Gasteiger charge is 2.08. The number of aromatic nitrogens is 2. The average Bonchev–Trinajstić information content (AvgIpc) is 3.00. The molecule has 0 unspecified atom stereocenters. The molecule has 0 atom stereocenters. The van der Waals surface area contributed by atoms with Crippen LogP contribution in [0.4, 0.5) is 0 Å². The smallest absolute Gasteiger partial charge is 0.251 e. The van der Waals surface area contributed by atoms with Gasteiger partial charge in [-0.15, -0.1) is 0 Å². The Balaban J connectivity index is 1.53. The fraction of sp³-hybridized carbons (Fsp3) is 0.200. The van der Waals surface area contributed by atoms with Crippen molar-refractivity contribution in [1.82, 2.24) is 15.1 Å². The number of hydrogen-bond donors (Lipinski definition) is 1. The first kappa shape index (κ1) is 17.2. The molecule has 1 amide bonds. The second-order valence-electron chi connectivity index (χ2n) is 5.89. The number of nitrogens with one attached hydrogen (secondary N) is 1. The van der Waals surface area contributed by atoms with Crippen LogP contribution in [0, 0.1) is 6.92 Å². The number of aryl methyl sites for hydroxylation is 2. The van der Waals surface area contributed by atoms with Gasteiger partial charge < -0.3 is 5.32 Å². The van der Waals surface area contributed by atoms with Gasteiger partial charge in [0, 0.05) is 23.3 Å². The van der Waals surface area contributed by atoms with Gasteiger partial charge in [0.2, 0.25) is 0 Å². The first-order valence-electron chi connectivity index (χ1n) is 8.28. The van der Waals surface area contributed by atoms with Crippen LogP contribution in [0.3, 0.4) is 0 Å². The first-order chi connectivity index (χ1) is 12.1. The van der Waals surface area contributed by atoms with E-state index in [1.807, 2.05) is 41.9 Å². The van der Waals surface area contributed by atoms with Crippen molar-refractivity contribution in [3.63, 3.8) is 0 Å². The average molecular weight is 354 g/mol. The summed E-state index contributed by atoms with van der Waals surface area (Å²) in [4.78, 5) is 12.1. The molecular weight excluding hydrogens is 334 g/mol. The third-order valence-corrected chi connectivity index (χ3v) is 4.25. The van der Waals surface area contributed by atoms with E-state index >= 15 is 0 Å². The van der Waals surface area contributed by atoms with Crippen molar-refractivity contribution in [2.45, 2.75) is 19.8 Å². The zero-order valence-electron chi connectivity index (χ0n) is 14.1. The molecule has 0 aliphatic heterocycles. The van der Waals surface area contributed by atoms with Gasteiger partial charge in [-0.05, 0) is 55.7 Å². The summed E-state index contributed by atoms with van der Waals surface area (Å²) in [6.45, 7) is 2.63. The molecule has 3 rings (SSSR count). The fourth-order valence-corrected chi connectivity index (χ4v) is 2.86. The zero-order chi connectivity index (χ0) is 17.6. The predicted molar refractivity (Wildman–Crippen MR) is 100 cm³/mol. The zero-order valence-corrected chi connectivity index (χ0v) is 14.8. The maximum Gasteiger partial charge on any atom is 0.251 e. The number of carbonyl (C=O) groups excluding carboxylic acids is 1. The summed E-state index contributed by atoms with van der Waals surface area (Å²) in [5.74, 6) is -0.0980. The van der Waals surface area contributed by atoms with Crippen molar-refractivity contribution in [1.29, 1.82) is 0 Å². The molecule has 1 N–H and O–H groups in total.